The van der Waals surface area contributed by atoms with Gasteiger partial charge in [0, 0.05) is 19.5 Å². The molecule has 0 aliphatic carbocycles. The standard InChI is InChI=1S/C28H41N3O5S/c1-5-20(4)27(29)28(33)30-24(15-21-9-7-6-8-10-21)25(32)18-31(17-19(2)3)37(34,35)23-11-12-26-22(16-23)13-14-36-26/h6-12,16,19-20,24-25,27,32H,5,13-15,17-18,29H2,1-4H3,(H,30,33)/t20?,24-,25+,27-/m0/s1. The Labute approximate surface area is 221 Å². The number of aliphatic hydroxyl groups is 1. The molecule has 0 bridgehead atoms. The highest BCUT2D eigenvalue weighted by Gasteiger charge is 2.33. The van der Waals surface area contributed by atoms with Gasteiger partial charge in [-0.05, 0) is 47.6 Å². The van der Waals surface area contributed by atoms with Crippen molar-refractivity contribution in [3.63, 3.8) is 0 Å². The van der Waals surface area contributed by atoms with Crippen LogP contribution >= 0.6 is 0 Å². The van der Waals surface area contributed by atoms with Gasteiger partial charge in [0.2, 0.25) is 15.9 Å². The zero-order valence-corrected chi connectivity index (χ0v) is 23.1. The summed E-state index contributed by atoms with van der Waals surface area (Å²) in [4.78, 5) is 13.1. The van der Waals surface area contributed by atoms with E-state index >= 15 is 0 Å². The Kier molecular flexibility index (Phi) is 10.1. The maximum absolute atomic E-state index is 13.7. The van der Waals surface area contributed by atoms with Gasteiger partial charge in [-0.2, -0.15) is 4.31 Å². The third kappa shape index (κ3) is 7.54. The molecule has 0 fully saturated rings. The number of carbonyl (C=O) groups excluding carboxylic acids is 1. The highest BCUT2D eigenvalue weighted by atomic mass is 32.2. The Hall–Kier alpha value is -2.46. The zero-order chi connectivity index (χ0) is 27.2. The summed E-state index contributed by atoms with van der Waals surface area (Å²) in [6.07, 6.45) is 0.589. The number of rotatable bonds is 13. The van der Waals surface area contributed by atoms with Crippen LogP contribution in [0.3, 0.4) is 0 Å². The number of aliphatic hydroxyl groups excluding tert-OH is 1. The van der Waals surface area contributed by atoms with Crippen molar-refractivity contribution in [3.8, 4) is 5.75 Å². The third-order valence-corrected chi connectivity index (χ3v) is 8.74. The second-order valence-corrected chi connectivity index (χ2v) is 12.3. The number of benzene rings is 2. The number of amides is 1. The molecule has 2 aromatic carbocycles. The molecule has 1 aliphatic heterocycles. The van der Waals surface area contributed by atoms with Crippen LogP contribution in [-0.4, -0.2) is 61.6 Å². The number of sulfonamides is 1. The largest absolute Gasteiger partial charge is 0.493 e. The molecule has 204 valence electrons. The van der Waals surface area contributed by atoms with Crippen molar-refractivity contribution in [3.05, 3.63) is 59.7 Å². The lowest BCUT2D eigenvalue weighted by atomic mass is 9.97. The molecule has 1 heterocycles. The Bertz CT molecular complexity index is 1140. The van der Waals surface area contributed by atoms with E-state index in [0.717, 1.165) is 17.5 Å². The van der Waals surface area contributed by atoms with Crippen LogP contribution in [0.1, 0.15) is 45.2 Å². The van der Waals surface area contributed by atoms with Crippen molar-refractivity contribution in [2.75, 3.05) is 19.7 Å². The summed E-state index contributed by atoms with van der Waals surface area (Å²) < 4.78 is 34.3. The molecular weight excluding hydrogens is 490 g/mol. The van der Waals surface area contributed by atoms with Crippen molar-refractivity contribution in [2.45, 2.75) is 70.0 Å². The smallest absolute Gasteiger partial charge is 0.243 e. The first-order valence-corrected chi connectivity index (χ1v) is 14.5. The fraction of sp³-hybridized carbons (Fsp3) is 0.536. The van der Waals surface area contributed by atoms with E-state index in [9.17, 15) is 18.3 Å². The molecule has 4 atom stereocenters. The summed E-state index contributed by atoms with van der Waals surface area (Å²) in [5.41, 5.74) is 7.94. The number of hydrogen-bond donors (Lipinski definition) is 3. The summed E-state index contributed by atoms with van der Waals surface area (Å²) in [6.45, 7) is 8.33. The number of nitrogens with one attached hydrogen (secondary N) is 1. The van der Waals surface area contributed by atoms with Gasteiger partial charge in [0.15, 0.2) is 0 Å². The Balaban J connectivity index is 1.86. The highest BCUT2D eigenvalue weighted by molar-refractivity contribution is 7.89. The lowest BCUT2D eigenvalue weighted by Crippen LogP contribution is -2.55. The number of ether oxygens (including phenoxy) is 1. The van der Waals surface area contributed by atoms with Gasteiger partial charge < -0.3 is 20.9 Å². The summed E-state index contributed by atoms with van der Waals surface area (Å²) in [5.74, 6) is 0.348. The Morgan fingerprint density at radius 2 is 1.84 bits per heavy atom. The first kappa shape index (κ1) is 29.1. The second-order valence-electron chi connectivity index (χ2n) is 10.4. The number of carbonyl (C=O) groups is 1. The molecule has 0 aromatic heterocycles. The molecule has 1 aliphatic rings. The van der Waals surface area contributed by atoms with Crippen molar-refractivity contribution < 1.29 is 23.1 Å². The summed E-state index contributed by atoms with van der Waals surface area (Å²) >= 11 is 0. The molecule has 8 nitrogen and oxygen atoms in total. The van der Waals surface area contributed by atoms with Crippen molar-refractivity contribution in [1.29, 1.82) is 0 Å². The fourth-order valence-electron chi connectivity index (χ4n) is 4.43. The highest BCUT2D eigenvalue weighted by Crippen LogP contribution is 2.29. The third-order valence-electron chi connectivity index (χ3n) is 6.91. The van der Waals surface area contributed by atoms with Gasteiger partial charge in [0.05, 0.1) is 29.7 Å². The lowest BCUT2D eigenvalue weighted by molar-refractivity contribution is -0.125. The van der Waals surface area contributed by atoms with Crippen molar-refractivity contribution >= 4 is 15.9 Å². The molecular formula is C28H41N3O5S. The van der Waals surface area contributed by atoms with Crippen molar-refractivity contribution in [1.82, 2.24) is 9.62 Å². The molecule has 0 saturated heterocycles. The van der Waals surface area contributed by atoms with Crippen molar-refractivity contribution in [2.24, 2.45) is 17.6 Å². The summed E-state index contributed by atoms with van der Waals surface area (Å²) in [7, 11) is -3.90. The first-order valence-electron chi connectivity index (χ1n) is 13.1. The van der Waals surface area contributed by atoms with Gasteiger partial charge in [-0.15, -0.1) is 0 Å². The molecule has 1 amide bonds. The van der Waals surface area contributed by atoms with Gasteiger partial charge in [-0.3, -0.25) is 4.79 Å². The summed E-state index contributed by atoms with van der Waals surface area (Å²) in [5, 5.41) is 14.3. The SMILES string of the molecule is CCC(C)[C@H](N)C(=O)N[C@@H](Cc1ccccc1)[C@H](O)CN(CC(C)C)S(=O)(=O)c1ccc2c(c1)CCO2. The van der Waals surface area contributed by atoms with Crippen LogP contribution in [0.2, 0.25) is 0 Å². The van der Waals surface area contributed by atoms with Crippen LogP contribution in [0, 0.1) is 11.8 Å². The molecule has 0 spiro atoms. The van der Waals surface area contributed by atoms with Gasteiger partial charge >= 0.3 is 0 Å². The van der Waals surface area contributed by atoms with Crippen LogP contribution in [-0.2, 0) is 27.7 Å². The molecule has 37 heavy (non-hydrogen) atoms. The first-order chi connectivity index (χ1) is 17.5. The number of hydrogen-bond acceptors (Lipinski definition) is 6. The van der Waals surface area contributed by atoms with E-state index < -0.39 is 28.2 Å². The normalized spacial score (nSPS) is 16.6. The van der Waals surface area contributed by atoms with E-state index in [-0.39, 0.29) is 35.7 Å². The lowest BCUT2D eigenvalue weighted by Gasteiger charge is -2.31. The van der Waals surface area contributed by atoms with Crippen LogP contribution in [0.4, 0.5) is 0 Å². The van der Waals surface area contributed by atoms with E-state index in [1.54, 1.807) is 18.2 Å². The van der Waals surface area contributed by atoms with E-state index in [1.807, 2.05) is 58.0 Å². The van der Waals surface area contributed by atoms with Gasteiger partial charge in [0.1, 0.15) is 5.75 Å². The zero-order valence-electron chi connectivity index (χ0n) is 22.3. The molecule has 3 rings (SSSR count). The van der Waals surface area contributed by atoms with Crippen LogP contribution in [0.15, 0.2) is 53.4 Å². The Morgan fingerprint density at radius 1 is 1.14 bits per heavy atom. The average Bonchev–Trinajstić information content (AvgIpc) is 3.35. The summed E-state index contributed by atoms with van der Waals surface area (Å²) in [6, 6.07) is 12.9. The maximum atomic E-state index is 13.7. The monoisotopic (exact) mass is 531 g/mol. The number of nitrogens with two attached hydrogens (primary N) is 1. The van der Waals surface area contributed by atoms with E-state index in [2.05, 4.69) is 5.32 Å². The van der Waals surface area contributed by atoms with Gasteiger partial charge in [-0.25, -0.2) is 8.42 Å². The maximum Gasteiger partial charge on any atom is 0.243 e. The topological polar surface area (TPSA) is 122 Å². The molecule has 0 radical (unpaired) electrons. The van der Waals surface area contributed by atoms with Gasteiger partial charge in [0.25, 0.3) is 0 Å². The molecule has 0 saturated carbocycles. The van der Waals surface area contributed by atoms with Crippen LogP contribution in [0.25, 0.3) is 0 Å². The number of nitrogens with zero attached hydrogens (tertiary/aromatic N) is 1. The molecule has 9 heteroatoms. The number of fused-ring (bicyclic) bond motifs is 1. The van der Waals surface area contributed by atoms with Gasteiger partial charge in [-0.1, -0.05) is 64.4 Å². The predicted octanol–water partition coefficient (Wildman–Crippen LogP) is 2.73. The average molecular weight is 532 g/mol. The minimum Gasteiger partial charge on any atom is -0.493 e. The van der Waals surface area contributed by atoms with E-state index in [4.69, 9.17) is 10.5 Å². The van der Waals surface area contributed by atoms with Crippen LogP contribution < -0.4 is 15.8 Å². The second kappa shape index (κ2) is 12.9. The minimum atomic E-state index is -3.90. The van der Waals surface area contributed by atoms with E-state index in [1.165, 1.54) is 4.31 Å². The minimum absolute atomic E-state index is 0.0285. The fourth-order valence-corrected chi connectivity index (χ4v) is 6.10. The molecule has 4 N–H and O–H groups in total. The Morgan fingerprint density at radius 3 is 2.49 bits per heavy atom. The predicted molar refractivity (Wildman–Crippen MR) is 145 cm³/mol. The quantitative estimate of drug-likeness (QED) is 0.365. The molecule has 1 unspecified atom stereocenters. The van der Waals surface area contributed by atoms with E-state index in [0.29, 0.717) is 25.2 Å². The van der Waals surface area contributed by atoms with Crippen LogP contribution in [0.5, 0.6) is 5.75 Å². The molecule has 2 aromatic rings.